The molecule has 0 aliphatic heterocycles. The summed E-state index contributed by atoms with van der Waals surface area (Å²) in [5.74, 6) is 0.953. The molecule has 0 aliphatic rings. The van der Waals surface area contributed by atoms with Crippen LogP contribution in [-0.4, -0.2) is 12.0 Å². The first-order chi connectivity index (χ1) is 11.4. The molecule has 1 amide bonds. The minimum atomic E-state index is -0.601. The summed E-state index contributed by atoms with van der Waals surface area (Å²) in [4.78, 5) is 12.5. The Morgan fingerprint density at radius 3 is 2.58 bits per heavy atom. The molecule has 0 radical (unpaired) electrons. The van der Waals surface area contributed by atoms with Gasteiger partial charge in [0.25, 0.3) is 5.91 Å². The summed E-state index contributed by atoms with van der Waals surface area (Å²) >= 11 is 0. The van der Waals surface area contributed by atoms with Gasteiger partial charge in [-0.15, -0.1) is 0 Å². The fourth-order valence-corrected chi connectivity index (χ4v) is 2.48. The lowest BCUT2D eigenvalue weighted by Gasteiger charge is -2.20. The van der Waals surface area contributed by atoms with Crippen LogP contribution in [0.4, 0.5) is 11.4 Å². The van der Waals surface area contributed by atoms with Gasteiger partial charge in [0.15, 0.2) is 6.10 Å². The normalized spacial score (nSPS) is 13.2. The van der Waals surface area contributed by atoms with Crippen LogP contribution in [0.2, 0.25) is 0 Å². The van der Waals surface area contributed by atoms with Crippen LogP contribution >= 0.6 is 0 Å². The predicted molar refractivity (Wildman–Crippen MR) is 99.5 cm³/mol. The Morgan fingerprint density at radius 2 is 1.88 bits per heavy atom. The van der Waals surface area contributed by atoms with Gasteiger partial charge in [-0.1, -0.05) is 38.1 Å². The molecule has 0 aromatic heterocycles. The highest BCUT2D eigenvalue weighted by Crippen LogP contribution is 2.29. The number of hydrogen-bond donors (Lipinski definition) is 2. The van der Waals surface area contributed by atoms with Gasteiger partial charge < -0.3 is 15.8 Å². The molecule has 0 saturated carbocycles. The smallest absolute Gasteiger partial charge is 0.265 e. The summed E-state index contributed by atoms with van der Waals surface area (Å²) in [6.07, 6.45) is 0.416. The molecule has 0 spiro atoms. The number of nitrogen functional groups attached to an aromatic ring is 1. The van der Waals surface area contributed by atoms with E-state index in [1.807, 2.05) is 43.3 Å². The molecule has 0 heterocycles. The Balaban J connectivity index is 2.11. The Labute approximate surface area is 144 Å². The summed E-state index contributed by atoms with van der Waals surface area (Å²) in [5, 5.41) is 2.89. The van der Waals surface area contributed by atoms with Crippen molar-refractivity contribution in [1.82, 2.24) is 0 Å². The first kappa shape index (κ1) is 17.9. The van der Waals surface area contributed by atoms with E-state index in [1.165, 1.54) is 0 Å². The summed E-state index contributed by atoms with van der Waals surface area (Å²) < 4.78 is 5.93. The molecule has 0 bridgehead atoms. The second-order valence-corrected chi connectivity index (χ2v) is 6.12. The van der Waals surface area contributed by atoms with Crippen LogP contribution in [0.1, 0.15) is 44.2 Å². The van der Waals surface area contributed by atoms with E-state index in [1.54, 1.807) is 6.92 Å². The Bertz CT molecular complexity index is 713. The second-order valence-electron chi connectivity index (χ2n) is 6.12. The summed E-state index contributed by atoms with van der Waals surface area (Å²) in [7, 11) is 0. The highest BCUT2D eigenvalue weighted by atomic mass is 16.5. The molecule has 2 aromatic carbocycles. The van der Waals surface area contributed by atoms with Crippen LogP contribution < -0.4 is 15.8 Å². The average molecular weight is 326 g/mol. The van der Waals surface area contributed by atoms with Crippen molar-refractivity contribution in [3.8, 4) is 5.75 Å². The highest BCUT2D eigenvalue weighted by Gasteiger charge is 2.18. The fourth-order valence-electron chi connectivity index (χ4n) is 2.48. The fraction of sp³-hybridized carbons (Fsp3) is 0.350. The van der Waals surface area contributed by atoms with E-state index in [4.69, 9.17) is 10.5 Å². The van der Waals surface area contributed by atoms with E-state index in [9.17, 15) is 4.79 Å². The summed E-state index contributed by atoms with van der Waals surface area (Å²) in [6.45, 7) is 7.93. The zero-order chi connectivity index (χ0) is 17.7. The maximum Gasteiger partial charge on any atom is 0.265 e. The number of rotatable bonds is 6. The number of anilines is 2. The van der Waals surface area contributed by atoms with Crippen molar-refractivity contribution >= 4 is 17.3 Å². The zero-order valence-corrected chi connectivity index (χ0v) is 14.8. The molecule has 2 atom stereocenters. The predicted octanol–water partition coefficient (Wildman–Crippen LogP) is 4.50. The number of carbonyl (C=O) groups is 1. The highest BCUT2D eigenvalue weighted by molar-refractivity contribution is 5.95. The molecule has 2 rings (SSSR count). The van der Waals surface area contributed by atoms with Crippen molar-refractivity contribution in [3.05, 3.63) is 53.6 Å². The van der Waals surface area contributed by atoms with E-state index < -0.39 is 6.10 Å². The summed E-state index contributed by atoms with van der Waals surface area (Å²) in [6, 6.07) is 13.4. The number of carbonyl (C=O) groups excluding carboxylic acids is 1. The zero-order valence-electron chi connectivity index (χ0n) is 14.8. The first-order valence-electron chi connectivity index (χ1n) is 8.35. The molecular weight excluding hydrogens is 300 g/mol. The lowest BCUT2D eigenvalue weighted by molar-refractivity contribution is -0.122. The lowest BCUT2D eigenvalue weighted by Crippen LogP contribution is -2.30. The van der Waals surface area contributed by atoms with Gasteiger partial charge in [-0.25, -0.2) is 0 Å². The Morgan fingerprint density at radius 1 is 1.17 bits per heavy atom. The molecule has 0 aliphatic carbocycles. The molecule has 0 fully saturated rings. The van der Waals surface area contributed by atoms with Gasteiger partial charge in [0.1, 0.15) is 5.75 Å². The molecule has 3 N–H and O–H groups in total. The van der Waals surface area contributed by atoms with Crippen LogP contribution in [0.3, 0.4) is 0 Å². The average Bonchev–Trinajstić information content (AvgIpc) is 2.58. The number of nitrogens with one attached hydrogen (secondary N) is 1. The van der Waals surface area contributed by atoms with Crippen molar-refractivity contribution < 1.29 is 9.53 Å². The third kappa shape index (κ3) is 4.07. The molecular formula is C20H26N2O2. The number of ether oxygens (including phenoxy) is 1. The van der Waals surface area contributed by atoms with E-state index in [-0.39, 0.29) is 5.91 Å². The van der Waals surface area contributed by atoms with Crippen LogP contribution in [0.5, 0.6) is 5.75 Å². The monoisotopic (exact) mass is 326 g/mol. The second kappa shape index (κ2) is 7.86. The van der Waals surface area contributed by atoms with E-state index in [2.05, 4.69) is 25.2 Å². The third-order valence-electron chi connectivity index (χ3n) is 4.37. The van der Waals surface area contributed by atoms with Gasteiger partial charge in [-0.3, -0.25) is 4.79 Å². The number of para-hydroxylation sites is 1. The van der Waals surface area contributed by atoms with Crippen molar-refractivity contribution in [2.75, 3.05) is 11.1 Å². The minimum absolute atomic E-state index is 0.192. The molecule has 2 aromatic rings. The van der Waals surface area contributed by atoms with Crippen molar-refractivity contribution in [2.24, 2.45) is 0 Å². The van der Waals surface area contributed by atoms with Gasteiger partial charge in [0, 0.05) is 11.4 Å². The topological polar surface area (TPSA) is 64.3 Å². The third-order valence-corrected chi connectivity index (χ3v) is 4.37. The molecule has 0 saturated heterocycles. The van der Waals surface area contributed by atoms with Crippen LogP contribution in [0.25, 0.3) is 0 Å². The standard InChI is InChI=1S/C20H26N2O2/c1-5-13(2)16-9-6-7-12-19(16)24-15(4)20(23)22-18-11-8-10-17(21)14(18)3/h6-13,15H,5,21H2,1-4H3,(H,22,23)/t13-,15-/m1/s1. The number of amides is 1. The Kier molecular flexibility index (Phi) is 5.85. The summed E-state index contributed by atoms with van der Waals surface area (Å²) in [5.41, 5.74) is 9.24. The molecule has 128 valence electrons. The van der Waals surface area contributed by atoms with Gasteiger partial charge in [0.05, 0.1) is 0 Å². The van der Waals surface area contributed by atoms with Crippen molar-refractivity contribution in [1.29, 1.82) is 0 Å². The van der Waals surface area contributed by atoms with Crippen molar-refractivity contribution in [2.45, 2.75) is 46.1 Å². The maximum absolute atomic E-state index is 12.5. The maximum atomic E-state index is 12.5. The van der Waals surface area contributed by atoms with Gasteiger partial charge in [0.2, 0.25) is 0 Å². The molecule has 4 heteroatoms. The van der Waals surface area contributed by atoms with E-state index in [0.717, 1.165) is 23.3 Å². The molecule has 24 heavy (non-hydrogen) atoms. The van der Waals surface area contributed by atoms with Crippen LogP contribution in [0.15, 0.2) is 42.5 Å². The van der Waals surface area contributed by atoms with Gasteiger partial charge >= 0.3 is 0 Å². The molecule has 0 unspecified atom stereocenters. The SMILES string of the molecule is CC[C@@H](C)c1ccccc1O[C@H](C)C(=O)Nc1cccc(N)c1C. The van der Waals surface area contributed by atoms with E-state index in [0.29, 0.717) is 17.3 Å². The van der Waals surface area contributed by atoms with Gasteiger partial charge in [-0.05, 0) is 55.5 Å². The lowest BCUT2D eigenvalue weighted by atomic mass is 9.98. The van der Waals surface area contributed by atoms with E-state index >= 15 is 0 Å². The number of benzene rings is 2. The quantitative estimate of drug-likeness (QED) is 0.768. The minimum Gasteiger partial charge on any atom is -0.481 e. The van der Waals surface area contributed by atoms with Crippen LogP contribution in [0, 0.1) is 6.92 Å². The molecule has 4 nitrogen and oxygen atoms in total. The first-order valence-corrected chi connectivity index (χ1v) is 8.35. The van der Waals surface area contributed by atoms with Crippen molar-refractivity contribution in [3.63, 3.8) is 0 Å². The number of nitrogens with two attached hydrogens (primary N) is 1. The van der Waals surface area contributed by atoms with Crippen LogP contribution in [-0.2, 0) is 4.79 Å². The van der Waals surface area contributed by atoms with Gasteiger partial charge in [-0.2, -0.15) is 0 Å². The Hall–Kier alpha value is -2.49. The number of hydrogen-bond acceptors (Lipinski definition) is 3. The largest absolute Gasteiger partial charge is 0.481 e.